The van der Waals surface area contributed by atoms with Crippen molar-refractivity contribution >= 4 is 21.7 Å². The van der Waals surface area contributed by atoms with Crippen molar-refractivity contribution in [1.29, 1.82) is 0 Å². The van der Waals surface area contributed by atoms with Crippen LogP contribution in [0.2, 0.25) is 0 Å². The molecule has 2 atom stereocenters. The third kappa shape index (κ3) is 3.31. The van der Waals surface area contributed by atoms with Crippen LogP contribution in [0.5, 0.6) is 0 Å². The molecule has 1 saturated heterocycles. The summed E-state index contributed by atoms with van der Waals surface area (Å²) < 4.78 is 1.10. The number of likely N-dealkylation sites (N-methyl/N-ethyl adjacent to an activating group) is 1. The van der Waals surface area contributed by atoms with E-state index in [0.29, 0.717) is 18.3 Å². The van der Waals surface area contributed by atoms with Crippen molar-refractivity contribution in [2.75, 3.05) is 20.1 Å². The van der Waals surface area contributed by atoms with E-state index in [0.717, 1.165) is 29.1 Å². The molecular formula is C17H20BrN3O. The lowest BCUT2D eigenvalue weighted by Crippen LogP contribution is -2.13. The van der Waals surface area contributed by atoms with Crippen molar-refractivity contribution in [3.63, 3.8) is 0 Å². The topological polar surface area (TPSA) is 49.0 Å². The molecule has 4 nitrogen and oxygen atoms in total. The third-order valence-electron chi connectivity index (χ3n) is 4.26. The van der Waals surface area contributed by atoms with E-state index in [1.807, 2.05) is 6.20 Å². The first-order chi connectivity index (χ1) is 10.5. The smallest absolute Gasteiger partial charge is 0.137 e. The van der Waals surface area contributed by atoms with Gasteiger partial charge in [0.1, 0.15) is 11.6 Å². The van der Waals surface area contributed by atoms with Crippen LogP contribution >= 0.6 is 15.9 Å². The molecule has 2 aromatic rings. The molecule has 2 heterocycles. The summed E-state index contributed by atoms with van der Waals surface area (Å²) in [5, 5.41) is 0. The number of aromatic nitrogens is 2. The molecule has 0 radical (unpaired) electrons. The van der Waals surface area contributed by atoms with Gasteiger partial charge >= 0.3 is 0 Å². The van der Waals surface area contributed by atoms with E-state index in [1.165, 1.54) is 5.56 Å². The normalized spacial score (nSPS) is 22.1. The van der Waals surface area contributed by atoms with Gasteiger partial charge in [-0.25, -0.2) is 4.98 Å². The van der Waals surface area contributed by atoms with E-state index >= 15 is 0 Å². The number of halogens is 1. The number of benzene rings is 1. The van der Waals surface area contributed by atoms with E-state index < -0.39 is 0 Å². The Labute approximate surface area is 139 Å². The molecule has 5 heteroatoms. The van der Waals surface area contributed by atoms with Crippen LogP contribution in [0.15, 0.2) is 34.9 Å². The lowest BCUT2D eigenvalue weighted by atomic mass is 9.87. The summed E-state index contributed by atoms with van der Waals surface area (Å²) in [5.41, 5.74) is 2.48. The Morgan fingerprint density at radius 1 is 1.32 bits per heavy atom. The highest BCUT2D eigenvalue weighted by Gasteiger charge is 2.34. The van der Waals surface area contributed by atoms with E-state index in [9.17, 15) is 4.79 Å². The van der Waals surface area contributed by atoms with Crippen molar-refractivity contribution in [1.82, 2.24) is 14.9 Å². The fourth-order valence-electron chi connectivity index (χ4n) is 3.26. The Balaban J connectivity index is 1.85. The SMILES string of the molecule is CC(=O)Cc1ncc(C2CN(C)CC2c2ccc(Br)cc2)[nH]1. The lowest BCUT2D eigenvalue weighted by molar-refractivity contribution is -0.116. The van der Waals surface area contributed by atoms with Gasteiger partial charge in [-0.15, -0.1) is 0 Å². The average molecular weight is 362 g/mol. The van der Waals surface area contributed by atoms with Gasteiger partial charge in [-0.2, -0.15) is 0 Å². The number of nitrogens with one attached hydrogen (secondary N) is 1. The minimum absolute atomic E-state index is 0.133. The molecular weight excluding hydrogens is 342 g/mol. The zero-order valence-corrected chi connectivity index (χ0v) is 14.4. The number of nitrogens with zero attached hydrogens (tertiary/aromatic N) is 2. The van der Waals surface area contributed by atoms with E-state index in [1.54, 1.807) is 6.92 Å². The minimum Gasteiger partial charge on any atom is -0.345 e. The van der Waals surface area contributed by atoms with E-state index in [-0.39, 0.29) is 5.78 Å². The molecule has 22 heavy (non-hydrogen) atoms. The molecule has 2 unspecified atom stereocenters. The molecule has 1 aliphatic heterocycles. The number of aromatic amines is 1. The number of carbonyl (C=O) groups excluding carboxylic acids is 1. The molecule has 1 aromatic carbocycles. The van der Waals surface area contributed by atoms with Crippen LogP contribution in [0.3, 0.4) is 0 Å². The van der Waals surface area contributed by atoms with Gasteiger partial charge in [-0.3, -0.25) is 4.79 Å². The second kappa shape index (κ2) is 6.34. The highest BCUT2D eigenvalue weighted by Crippen LogP contribution is 2.38. The molecule has 0 saturated carbocycles. The summed E-state index contributed by atoms with van der Waals surface area (Å²) in [5.74, 6) is 1.74. The number of hydrogen-bond acceptors (Lipinski definition) is 3. The van der Waals surface area contributed by atoms with Crippen LogP contribution in [0.4, 0.5) is 0 Å². The number of rotatable bonds is 4. The van der Waals surface area contributed by atoms with Gasteiger partial charge in [-0.05, 0) is 31.7 Å². The molecule has 1 aliphatic rings. The molecule has 0 aliphatic carbocycles. The molecule has 0 bridgehead atoms. The monoisotopic (exact) mass is 361 g/mol. The van der Waals surface area contributed by atoms with Crippen molar-refractivity contribution in [3.05, 3.63) is 52.0 Å². The van der Waals surface area contributed by atoms with Crippen molar-refractivity contribution in [3.8, 4) is 0 Å². The van der Waals surface area contributed by atoms with Gasteiger partial charge < -0.3 is 9.88 Å². The first-order valence-electron chi connectivity index (χ1n) is 7.50. The summed E-state index contributed by atoms with van der Waals surface area (Å²) in [7, 11) is 2.15. The largest absolute Gasteiger partial charge is 0.345 e. The first kappa shape index (κ1) is 15.4. The quantitative estimate of drug-likeness (QED) is 0.909. The van der Waals surface area contributed by atoms with Gasteiger partial charge in [0.25, 0.3) is 0 Å². The maximum Gasteiger partial charge on any atom is 0.137 e. The zero-order valence-electron chi connectivity index (χ0n) is 12.8. The van der Waals surface area contributed by atoms with Gasteiger partial charge in [-0.1, -0.05) is 28.1 Å². The number of imidazole rings is 1. The number of hydrogen-bond donors (Lipinski definition) is 1. The number of Topliss-reactive ketones (excluding diaryl/α,β-unsaturated/α-hetero) is 1. The summed E-state index contributed by atoms with van der Waals surface area (Å²) in [6.45, 7) is 3.63. The zero-order chi connectivity index (χ0) is 15.7. The Morgan fingerprint density at radius 3 is 2.68 bits per heavy atom. The van der Waals surface area contributed by atoms with E-state index in [2.05, 4.69) is 62.1 Å². The molecule has 1 N–H and O–H groups in total. The second-order valence-corrected chi connectivity index (χ2v) is 7.07. The molecule has 0 spiro atoms. The number of ketones is 1. The standard InChI is InChI=1S/C17H20BrN3O/c1-11(22)7-17-19-8-16(20-17)15-10-21(2)9-14(15)12-3-5-13(18)6-4-12/h3-6,8,14-15H,7,9-10H2,1-2H3,(H,19,20). The van der Waals surface area contributed by atoms with Crippen LogP contribution in [0.25, 0.3) is 0 Å². The maximum atomic E-state index is 11.2. The first-order valence-corrected chi connectivity index (χ1v) is 8.29. The van der Waals surface area contributed by atoms with Crippen molar-refractivity contribution < 1.29 is 4.79 Å². The third-order valence-corrected chi connectivity index (χ3v) is 4.79. The minimum atomic E-state index is 0.133. The molecule has 3 rings (SSSR count). The van der Waals surface area contributed by atoms with Gasteiger partial charge in [0.05, 0.1) is 6.42 Å². The lowest BCUT2D eigenvalue weighted by Gasteiger charge is -2.17. The predicted octanol–water partition coefficient (Wildman–Crippen LogP) is 3.12. The van der Waals surface area contributed by atoms with Crippen LogP contribution in [-0.2, 0) is 11.2 Å². The van der Waals surface area contributed by atoms with Crippen LogP contribution in [-0.4, -0.2) is 40.8 Å². The fraction of sp³-hybridized carbons (Fsp3) is 0.412. The Hall–Kier alpha value is -1.46. The van der Waals surface area contributed by atoms with Crippen molar-refractivity contribution in [2.45, 2.75) is 25.2 Å². The summed E-state index contributed by atoms with van der Waals surface area (Å²) in [6.07, 6.45) is 2.28. The van der Waals surface area contributed by atoms with Gasteiger partial charge in [0.15, 0.2) is 0 Å². The predicted molar refractivity (Wildman–Crippen MR) is 90.1 cm³/mol. The molecule has 1 fully saturated rings. The molecule has 116 valence electrons. The number of H-pyrrole nitrogens is 1. The maximum absolute atomic E-state index is 11.2. The molecule has 1 aromatic heterocycles. The number of likely N-dealkylation sites (tertiary alicyclic amines) is 1. The Bertz CT molecular complexity index is 665. The van der Waals surface area contributed by atoms with Gasteiger partial charge in [0, 0.05) is 41.3 Å². The van der Waals surface area contributed by atoms with Crippen LogP contribution in [0, 0.1) is 0 Å². The summed E-state index contributed by atoms with van der Waals surface area (Å²) in [6, 6.07) is 8.57. The number of carbonyl (C=O) groups is 1. The highest BCUT2D eigenvalue weighted by molar-refractivity contribution is 9.10. The average Bonchev–Trinajstić information content (AvgIpc) is 3.05. The molecule has 0 amide bonds. The summed E-state index contributed by atoms with van der Waals surface area (Å²) in [4.78, 5) is 21.3. The van der Waals surface area contributed by atoms with E-state index in [4.69, 9.17) is 0 Å². The fourth-order valence-corrected chi connectivity index (χ4v) is 3.52. The van der Waals surface area contributed by atoms with Gasteiger partial charge in [0.2, 0.25) is 0 Å². The summed E-state index contributed by atoms with van der Waals surface area (Å²) >= 11 is 3.49. The van der Waals surface area contributed by atoms with Crippen LogP contribution in [0.1, 0.15) is 35.8 Å². The Morgan fingerprint density at radius 2 is 2.00 bits per heavy atom. The van der Waals surface area contributed by atoms with Crippen molar-refractivity contribution in [2.24, 2.45) is 0 Å². The van der Waals surface area contributed by atoms with Crippen LogP contribution < -0.4 is 0 Å². The highest BCUT2D eigenvalue weighted by atomic mass is 79.9. The Kier molecular flexibility index (Phi) is 4.45. The second-order valence-electron chi connectivity index (χ2n) is 6.15.